The Bertz CT molecular complexity index is 1450. The summed E-state index contributed by atoms with van der Waals surface area (Å²) >= 11 is 0. The fourth-order valence-electron chi connectivity index (χ4n) is 4.11. The van der Waals surface area contributed by atoms with Crippen LogP contribution in [0.15, 0.2) is 54.6 Å². The number of hydrogen-bond donors (Lipinski definition) is 2. The molecule has 35 heavy (non-hydrogen) atoms. The number of Topliss-reactive ketones (excluding diaryl/α,β-unsaturated/α-hetero) is 1. The molecule has 0 aliphatic rings. The minimum atomic E-state index is -1.29. The zero-order valence-electron chi connectivity index (χ0n) is 18.7. The number of rotatable bonds is 9. The van der Waals surface area contributed by atoms with Crippen LogP contribution in [-0.4, -0.2) is 39.4 Å². The number of benzene rings is 2. The molecule has 4 aromatic rings. The second kappa shape index (κ2) is 9.76. The predicted octanol–water partition coefficient (Wildman–Crippen LogP) is 3.63. The van der Waals surface area contributed by atoms with Gasteiger partial charge in [0, 0.05) is 12.0 Å². The van der Waals surface area contributed by atoms with Crippen LogP contribution in [0.1, 0.15) is 34.1 Å². The third-order valence-electron chi connectivity index (χ3n) is 5.65. The normalized spacial score (nSPS) is 10.9. The van der Waals surface area contributed by atoms with E-state index in [0.29, 0.717) is 28.8 Å². The van der Waals surface area contributed by atoms with E-state index in [0.717, 1.165) is 0 Å². The number of ketones is 1. The average molecular weight is 474 g/mol. The van der Waals surface area contributed by atoms with Gasteiger partial charge in [-0.15, -0.1) is 0 Å². The van der Waals surface area contributed by atoms with Gasteiger partial charge in [0.15, 0.2) is 12.4 Å². The first-order valence-corrected chi connectivity index (χ1v) is 10.8. The van der Waals surface area contributed by atoms with Crippen LogP contribution in [0.4, 0.5) is 10.1 Å². The van der Waals surface area contributed by atoms with Gasteiger partial charge in [0.05, 0.1) is 16.9 Å². The summed E-state index contributed by atoms with van der Waals surface area (Å²) in [7, 11) is 0. The van der Waals surface area contributed by atoms with E-state index in [2.05, 4.69) is 5.10 Å². The summed E-state index contributed by atoms with van der Waals surface area (Å²) in [5.74, 6) is -2.95. The minimum Gasteiger partial charge on any atom is -0.479 e. The summed E-state index contributed by atoms with van der Waals surface area (Å²) in [6.45, 7) is 1.07. The van der Waals surface area contributed by atoms with Crippen LogP contribution in [0.25, 0.3) is 16.8 Å². The molecule has 0 spiro atoms. The summed E-state index contributed by atoms with van der Waals surface area (Å²) in [4.78, 5) is 35.5. The monoisotopic (exact) mass is 474 g/mol. The van der Waals surface area contributed by atoms with Gasteiger partial charge in [-0.1, -0.05) is 55.5 Å². The van der Waals surface area contributed by atoms with E-state index in [-0.39, 0.29) is 34.6 Å². The number of carboxylic acids is 1. The van der Waals surface area contributed by atoms with Crippen LogP contribution in [0.2, 0.25) is 0 Å². The molecule has 2 aromatic heterocycles. The number of carbonyl (C=O) groups is 2. The summed E-state index contributed by atoms with van der Waals surface area (Å²) < 4.78 is 21.5. The summed E-state index contributed by atoms with van der Waals surface area (Å²) in [6.07, 6.45) is 1.90. The fraction of sp³-hybridized carbons (Fsp3) is 0.154. The van der Waals surface area contributed by atoms with Gasteiger partial charge in [0.2, 0.25) is 5.78 Å². The Kier molecular flexibility index (Phi) is 6.59. The maximum Gasteiger partial charge on any atom is 0.341 e. The molecule has 0 saturated carbocycles. The zero-order valence-corrected chi connectivity index (χ0v) is 18.7. The van der Waals surface area contributed by atoms with Crippen molar-refractivity contribution in [1.29, 1.82) is 0 Å². The van der Waals surface area contributed by atoms with Gasteiger partial charge in [0.25, 0.3) is 6.29 Å². The van der Waals surface area contributed by atoms with Crippen molar-refractivity contribution in [2.24, 2.45) is 0 Å². The molecule has 1 radical (unpaired) electrons. The Morgan fingerprint density at radius 2 is 1.83 bits per heavy atom. The van der Waals surface area contributed by atoms with Gasteiger partial charge in [-0.25, -0.2) is 13.7 Å². The topological polar surface area (TPSA) is 124 Å². The molecule has 2 aromatic carbocycles. The maximum absolute atomic E-state index is 14.5. The molecule has 9 heteroatoms. The molecule has 177 valence electrons. The SMILES string of the molecule is CCc1c(N)c2c(OCC(=O)O)c(C(=O)[C]=O)c(-c3ccccc3)nn2c1Cc1ccccc1F. The lowest BCUT2D eigenvalue weighted by Gasteiger charge is -2.15. The predicted molar refractivity (Wildman–Crippen MR) is 127 cm³/mol. The Balaban J connectivity index is 2.12. The van der Waals surface area contributed by atoms with Gasteiger partial charge in [-0.05, 0) is 23.6 Å². The van der Waals surface area contributed by atoms with Crippen molar-refractivity contribution in [3.8, 4) is 17.0 Å². The molecule has 0 saturated heterocycles. The maximum atomic E-state index is 14.5. The lowest BCUT2D eigenvalue weighted by molar-refractivity contribution is -0.139. The number of carboxylic acid groups (broad SMARTS) is 1. The summed E-state index contributed by atoms with van der Waals surface area (Å²) in [6, 6.07) is 14.9. The minimum absolute atomic E-state index is 0.0827. The number of anilines is 1. The first kappa shape index (κ1) is 23.6. The standard InChI is InChI=1S/C26H21FN3O5/c1-2-17-19(12-16-10-6-7-11-18(16)27)30-25(23(17)28)26(35-14-21(33)34)22(20(32)13-31)24(29-30)15-8-4-3-5-9-15/h3-11H,2,12,14,28H2,1H3,(H,33,34). The molecule has 0 aliphatic heterocycles. The van der Waals surface area contributed by atoms with E-state index in [9.17, 15) is 23.9 Å². The van der Waals surface area contributed by atoms with Crippen LogP contribution >= 0.6 is 0 Å². The molecule has 0 aliphatic carbocycles. The Labute approximate surface area is 199 Å². The zero-order chi connectivity index (χ0) is 25.1. The molecule has 0 amide bonds. The van der Waals surface area contributed by atoms with Crippen molar-refractivity contribution >= 4 is 29.2 Å². The van der Waals surface area contributed by atoms with Crippen molar-refractivity contribution in [3.63, 3.8) is 0 Å². The smallest absolute Gasteiger partial charge is 0.341 e. The second-order valence-corrected chi connectivity index (χ2v) is 7.75. The average Bonchev–Trinajstić information content (AvgIpc) is 3.13. The van der Waals surface area contributed by atoms with Crippen molar-refractivity contribution in [2.75, 3.05) is 12.3 Å². The van der Waals surface area contributed by atoms with Crippen molar-refractivity contribution in [3.05, 3.63) is 82.8 Å². The molecule has 0 bridgehead atoms. The van der Waals surface area contributed by atoms with E-state index in [1.807, 2.05) is 6.92 Å². The molecule has 8 nitrogen and oxygen atoms in total. The molecular weight excluding hydrogens is 453 g/mol. The van der Waals surface area contributed by atoms with Crippen LogP contribution in [0.3, 0.4) is 0 Å². The number of ether oxygens (including phenoxy) is 1. The number of carbonyl (C=O) groups excluding carboxylic acids is 2. The Morgan fingerprint density at radius 1 is 1.14 bits per heavy atom. The van der Waals surface area contributed by atoms with Gasteiger partial charge in [0.1, 0.15) is 17.0 Å². The Morgan fingerprint density at radius 3 is 2.46 bits per heavy atom. The number of aromatic nitrogens is 2. The van der Waals surface area contributed by atoms with Crippen LogP contribution < -0.4 is 10.5 Å². The van der Waals surface area contributed by atoms with Crippen molar-refractivity contribution < 1.29 is 28.6 Å². The summed E-state index contributed by atoms with van der Waals surface area (Å²) in [5.41, 5.74) is 8.70. The molecular formula is C26H21FN3O5. The van der Waals surface area contributed by atoms with E-state index in [1.54, 1.807) is 48.5 Å². The van der Waals surface area contributed by atoms with E-state index >= 15 is 0 Å². The second-order valence-electron chi connectivity index (χ2n) is 7.75. The molecule has 0 fully saturated rings. The van der Waals surface area contributed by atoms with Gasteiger partial charge in [-0.3, -0.25) is 9.59 Å². The largest absolute Gasteiger partial charge is 0.479 e. The van der Waals surface area contributed by atoms with E-state index in [4.69, 9.17) is 10.5 Å². The molecule has 3 N–H and O–H groups in total. The number of nitrogen functional groups attached to an aromatic ring is 1. The number of nitrogens with two attached hydrogens (primary N) is 1. The van der Waals surface area contributed by atoms with E-state index in [1.165, 1.54) is 16.9 Å². The quantitative estimate of drug-likeness (QED) is 0.280. The first-order valence-electron chi connectivity index (χ1n) is 10.8. The lowest BCUT2D eigenvalue weighted by Crippen LogP contribution is -2.16. The highest BCUT2D eigenvalue weighted by Gasteiger charge is 2.29. The van der Waals surface area contributed by atoms with Crippen molar-refractivity contribution in [2.45, 2.75) is 19.8 Å². The third-order valence-corrected chi connectivity index (χ3v) is 5.65. The number of halogens is 1. The third kappa shape index (κ3) is 4.35. The molecule has 0 atom stereocenters. The lowest BCUT2D eigenvalue weighted by atomic mass is 10.0. The fourth-order valence-corrected chi connectivity index (χ4v) is 4.11. The van der Waals surface area contributed by atoms with Gasteiger partial charge >= 0.3 is 5.97 Å². The highest BCUT2D eigenvalue weighted by molar-refractivity contribution is 6.36. The number of aliphatic carboxylic acids is 1. The number of fused-ring (bicyclic) bond motifs is 1. The number of nitrogens with zero attached hydrogens (tertiary/aromatic N) is 2. The van der Waals surface area contributed by atoms with Crippen LogP contribution in [0, 0.1) is 5.82 Å². The van der Waals surface area contributed by atoms with Crippen molar-refractivity contribution in [1.82, 2.24) is 9.61 Å². The Hall–Kier alpha value is -4.53. The van der Waals surface area contributed by atoms with E-state index < -0.39 is 24.2 Å². The summed E-state index contributed by atoms with van der Waals surface area (Å²) in [5, 5.41) is 13.9. The highest BCUT2D eigenvalue weighted by atomic mass is 19.1. The van der Waals surface area contributed by atoms with Gasteiger partial charge in [-0.2, -0.15) is 5.10 Å². The van der Waals surface area contributed by atoms with Crippen LogP contribution in [-0.2, 0) is 22.4 Å². The molecule has 4 rings (SSSR count). The first-order chi connectivity index (χ1) is 16.9. The molecule has 0 unspecified atom stereocenters. The number of hydrogen-bond acceptors (Lipinski definition) is 6. The molecule has 2 heterocycles. The van der Waals surface area contributed by atoms with Gasteiger partial charge < -0.3 is 15.6 Å². The van der Waals surface area contributed by atoms with Crippen LogP contribution in [0.5, 0.6) is 5.75 Å². The highest BCUT2D eigenvalue weighted by Crippen LogP contribution is 2.40.